The van der Waals surface area contributed by atoms with Crippen molar-refractivity contribution in [1.82, 2.24) is 5.32 Å². The van der Waals surface area contributed by atoms with Crippen LogP contribution in [0.5, 0.6) is 5.75 Å². The van der Waals surface area contributed by atoms with Crippen molar-refractivity contribution in [2.75, 3.05) is 13.7 Å². The number of hydrogen-bond acceptors (Lipinski definition) is 2. The zero-order valence-corrected chi connectivity index (χ0v) is 11.4. The van der Waals surface area contributed by atoms with E-state index in [-0.39, 0.29) is 11.8 Å². The summed E-state index contributed by atoms with van der Waals surface area (Å²) in [6.07, 6.45) is 0.570. The van der Waals surface area contributed by atoms with E-state index in [4.69, 9.17) is 4.74 Å². The fourth-order valence-electron chi connectivity index (χ4n) is 2.66. The SMILES string of the molecule is COc1ccc(C2CNC(=O)C2)cc1-c1ccccc1. The Hall–Kier alpha value is -2.29. The highest BCUT2D eigenvalue weighted by Crippen LogP contribution is 2.34. The molecule has 0 aliphatic carbocycles. The lowest BCUT2D eigenvalue weighted by Gasteiger charge is -2.14. The number of hydrogen-bond donors (Lipinski definition) is 1. The first-order valence-electron chi connectivity index (χ1n) is 6.78. The minimum Gasteiger partial charge on any atom is -0.496 e. The van der Waals surface area contributed by atoms with Gasteiger partial charge >= 0.3 is 0 Å². The third-order valence-corrected chi connectivity index (χ3v) is 3.76. The molecule has 1 atom stereocenters. The molecular formula is C17H17NO2. The molecule has 2 aromatic carbocycles. The maximum absolute atomic E-state index is 11.4. The van der Waals surface area contributed by atoms with Gasteiger partial charge in [0.2, 0.25) is 5.91 Å². The van der Waals surface area contributed by atoms with E-state index in [9.17, 15) is 4.79 Å². The quantitative estimate of drug-likeness (QED) is 0.928. The second kappa shape index (κ2) is 5.37. The van der Waals surface area contributed by atoms with Crippen LogP contribution in [-0.2, 0) is 4.79 Å². The molecule has 1 heterocycles. The Morgan fingerprint density at radius 3 is 2.60 bits per heavy atom. The lowest BCUT2D eigenvalue weighted by Crippen LogP contribution is -2.13. The molecule has 0 aromatic heterocycles. The first kappa shape index (κ1) is 12.7. The smallest absolute Gasteiger partial charge is 0.220 e. The number of amides is 1. The van der Waals surface area contributed by atoms with Crippen LogP contribution in [0.15, 0.2) is 48.5 Å². The van der Waals surface area contributed by atoms with Gasteiger partial charge in [-0.2, -0.15) is 0 Å². The van der Waals surface area contributed by atoms with Gasteiger partial charge < -0.3 is 10.1 Å². The molecule has 1 amide bonds. The van der Waals surface area contributed by atoms with E-state index in [2.05, 4.69) is 29.6 Å². The minimum atomic E-state index is 0.132. The molecule has 0 saturated carbocycles. The molecule has 1 aliphatic heterocycles. The van der Waals surface area contributed by atoms with Crippen LogP contribution in [0.4, 0.5) is 0 Å². The molecular weight excluding hydrogens is 250 g/mol. The second-order valence-electron chi connectivity index (χ2n) is 5.03. The third-order valence-electron chi connectivity index (χ3n) is 3.76. The fraction of sp³-hybridized carbons (Fsp3) is 0.235. The van der Waals surface area contributed by atoms with Crippen molar-refractivity contribution in [1.29, 1.82) is 0 Å². The first-order chi connectivity index (χ1) is 9.78. The van der Waals surface area contributed by atoms with E-state index in [1.165, 1.54) is 5.56 Å². The van der Waals surface area contributed by atoms with E-state index < -0.39 is 0 Å². The van der Waals surface area contributed by atoms with Gasteiger partial charge in [0.1, 0.15) is 5.75 Å². The Labute approximate surface area is 118 Å². The normalized spacial score (nSPS) is 17.9. The average molecular weight is 267 g/mol. The lowest BCUT2D eigenvalue weighted by atomic mass is 9.94. The minimum absolute atomic E-state index is 0.132. The van der Waals surface area contributed by atoms with Gasteiger partial charge in [-0.15, -0.1) is 0 Å². The van der Waals surface area contributed by atoms with Crippen molar-refractivity contribution in [3.05, 3.63) is 54.1 Å². The molecule has 1 unspecified atom stereocenters. The van der Waals surface area contributed by atoms with Crippen molar-refractivity contribution >= 4 is 5.91 Å². The highest BCUT2D eigenvalue weighted by Gasteiger charge is 2.23. The monoisotopic (exact) mass is 267 g/mol. The molecule has 3 nitrogen and oxygen atoms in total. The van der Waals surface area contributed by atoms with Gasteiger partial charge in [0.15, 0.2) is 0 Å². The van der Waals surface area contributed by atoms with Crippen molar-refractivity contribution in [2.45, 2.75) is 12.3 Å². The molecule has 0 radical (unpaired) electrons. The summed E-state index contributed by atoms with van der Waals surface area (Å²) in [5, 5.41) is 2.89. The summed E-state index contributed by atoms with van der Waals surface area (Å²) in [5.74, 6) is 1.25. The predicted molar refractivity (Wildman–Crippen MR) is 78.8 cm³/mol. The number of rotatable bonds is 3. The van der Waals surface area contributed by atoms with Crippen LogP contribution in [0.25, 0.3) is 11.1 Å². The Balaban J connectivity index is 2.01. The molecule has 0 bridgehead atoms. The van der Waals surface area contributed by atoms with Gasteiger partial charge in [0, 0.05) is 24.4 Å². The molecule has 1 N–H and O–H groups in total. The molecule has 1 fully saturated rings. The summed E-state index contributed by atoms with van der Waals surface area (Å²) in [4.78, 5) is 11.4. The van der Waals surface area contributed by atoms with Gasteiger partial charge in [-0.05, 0) is 23.3 Å². The largest absolute Gasteiger partial charge is 0.496 e. The van der Waals surface area contributed by atoms with Crippen LogP contribution in [0.2, 0.25) is 0 Å². The van der Waals surface area contributed by atoms with Crippen LogP contribution in [0.3, 0.4) is 0 Å². The summed E-state index contributed by atoms with van der Waals surface area (Å²) >= 11 is 0. The third kappa shape index (κ3) is 2.39. The second-order valence-corrected chi connectivity index (χ2v) is 5.03. The number of benzene rings is 2. The van der Waals surface area contributed by atoms with Crippen molar-refractivity contribution < 1.29 is 9.53 Å². The van der Waals surface area contributed by atoms with Crippen molar-refractivity contribution in [3.8, 4) is 16.9 Å². The molecule has 0 spiro atoms. The van der Waals surface area contributed by atoms with E-state index in [1.807, 2.05) is 24.3 Å². The highest BCUT2D eigenvalue weighted by atomic mass is 16.5. The molecule has 102 valence electrons. The predicted octanol–water partition coefficient (Wildman–Crippen LogP) is 2.97. The van der Waals surface area contributed by atoms with E-state index >= 15 is 0 Å². The van der Waals surface area contributed by atoms with E-state index in [0.29, 0.717) is 6.42 Å². The summed E-state index contributed by atoms with van der Waals surface area (Å²) in [7, 11) is 1.68. The molecule has 20 heavy (non-hydrogen) atoms. The van der Waals surface area contributed by atoms with Crippen LogP contribution >= 0.6 is 0 Å². The Kier molecular flexibility index (Phi) is 3.42. The zero-order valence-electron chi connectivity index (χ0n) is 11.4. The number of ether oxygens (including phenoxy) is 1. The van der Waals surface area contributed by atoms with Crippen molar-refractivity contribution in [3.63, 3.8) is 0 Å². The molecule has 2 aromatic rings. The molecule has 3 rings (SSSR count). The highest BCUT2D eigenvalue weighted by molar-refractivity contribution is 5.80. The number of carbonyl (C=O) groups is 1. The van der Waals surface area contributed by atoms with Gasteiger partial charge in [-0.25, -0.2) is 0 Å². The van der Waals surface area contributed by atoms with Gasteiger partial charge in [0.25, 0.3) is 0 Å². The topological polar surface area (TPSA) is 38.3 Å². The molecule has 3 heteroatoms. The molecule has 1 saturated heterocycles. The summed E-state index contributed by atoms with van der Waals surface area (Å²) in [6.45, 7) is 0.722. The Morgan fingerprint density at radius 1 is 1.15 bits per heavy atom. The van der Waals surface area contributed by atoms with Gasteiger partial charge in [-0.3, -0.25) is 4.79 Å². The van der Waals surface area contributed by atoms with Crippen LogP contribution < -0.4 is 10.1 Å². The zero-order chi connectivity index (χ0) is 13.9. The van der Waals surface area contributed by atoms with Gasteiger partial charge in [0.05, 0.1) is 7.11 Å². The first-order valence-corrected chi connectivity index (χ1v) is 6.78. The standard InChI is InChI=1S/C17H17NO2/c1-20-16-8-7-13(14-10-17(19)18-11-14)9-15(16)12-5-3-2-4-6-12/h2-9,14H,10-11H2,1H3,(H,18,19). The van der Waals surface area contributed by atoms with Crippen LogP contribution in [0, 0.1) is 0 Å². The van der Waals surface area contributed by atoms with Gasteiger partial charge in [-0.1, -0.05) is 36.4 Å². The number of methoxy groups -OCH3 is 1. The Bertz CT molecular complexity index is 622. The lowest BCUT2D eigenvalue weighted by molar-refractivity contribution is -0.119. The van der Waals surface area contributed by atoms with Crippen LogP contribution in [0.1, 0.15) is 17.9 Å². The Morgan fingerprint density at radius 2 is 1.95 bits per heavy atom. The van der Waals surface area contributed by atoms with Crippen LogP contribution in [-0.4, -0.2) is 19.6 Å². The summed E-state index contributed by atoms with van der Waals surface area (Å²) < 4.78 is 5.46. The average Bonchev–Trinajstić information content (AvgIpc) is 2.94. The number of nitrogens with one attached hydrogen (secondary N) is 1. The summed E-state index contributed by atoms with van der Waals surface area (Å²) in [6, 6.07) is 16.3. The fourth-order valence-corrected chi connectivity index (χ4v) is 2.66. The van der Waals surface area contributed by atoms with E-state index in [1.54, 1.807) is 7.11 Å². The summed E-state index contributed by atoms with van der Waals surface area (Å²) in [5.41, 5.74) is 3.39. The number of carbonyl (C=O) groups excluding carboxylic acids is 1. The maximum Gasteiger partial charge on any atom is 0.220 e. The van der Waals surface area contributed by atoms with Crippen molar-refractivity contribution in [2.24, 2.45) is 0 Å². The van der Waals surface area contributed by atoms with E-state index in [0.717, 1.165) is 23.4 Å². The molecule has 1 aliphatic rings. The maximum atomic E-state index is 11.4.